The van der Waals surface area contributed by atoms with Gasteiger partial charge in [0.25, 0.3) is 0 Å². The second kappa shape index (κ2) is 6.04. The Kier molecular flexibility index (Phi) is 4.63. The molecule has 0 saturated carbocycles. The van der Waals surface area contributed by atoms with E-state index in [1.165, 1.54) is 0 Å². The van der Waals surface area contributed by atoms with E-state index in [9.17, 15) is 14.6 Å². The van der Waals surface area contributed by atoms with Gasteiger partial charge >= 0.3 is 136 Å². The molecule has 0 fully saturated rings. The summed E-state index contributed by atoms with van der Waals surface area (Å²) in [5, 5.41) is 0.247. The van der Waals surface area contributed by atoms with Crippen molar-refractivity contribution in [2.75, 3.05) is 6.16 Å². The molecule has 0 atom stereocenters. The average molecular weight is 334 g/mol. The molecule has 2 aromatic carbocycles. The number of carbonyl (C=O) groups is 1. The van der Waals surface area contributed by atoms with Crippen molar-refractivity contribution in [3.05, 3.63) is 64.7 Å². The van der Waals surface area contributed by atoms with Gasteiger partial charge in [0.05, 0.1) is 0 Å². The van der Waals surface area contributed by atoms with Crippen molar-refractivity contribution >= 4 is 18.6 Å². The van der Waals surface area contributed by atoms with Crippen molar-refractivity contribution in [1.29, 1.82) is 0 Å². The standard InChI is InChI=1S/C18H23O4P/c1-5-23(20,21,16-9-7-6-8-10-16)22-18(19)17-14(3)11-13(2)12-15(17)4/h6-12,20-21H,5H2,1-4H3. The molecular weight excluding hydrogens is 311 g/mol. The summed E-state index contributed by atoms with van der Waals surface area (Å²) in [6.07, 6.45) is -0.0642. The molecule has 2 N–H and O–H groups in total. The van der Waals surface area contributed by atoms with Crippen LogP contribution in [0.2, 0.25) is 0 Å². The minimum absolute atomic E-state index is 0.0642. The molecule has 2 aromatic rings. The van der Waals surface area contributed by atoms with Crippen molar-refractivity contribution < 1.29 is 19.1 Å². The van der Waals surface area contributed by atoms with E-state index in [1.54, 1.807) is 37.3 Å². The van der Waals surface area contributed by atoms with Gasteiger partial charge in [-0.05, 0) is 0 Å². The zero-order valence-electron chi connectivity index (χ0n) is 13.9. The van der Waals surface area contributed by atoms with E-state index >= 15 is 0 Å². The van der Waals surface area contributed by atoms with Gasteiger partial charge in [0.15, 0.2) is 0 Å². The average Bonchev–Trinajstić information content (AvgIpc) is 2.47. The van der Waals surface area contributed by atoms with Gasteiger partial charge in [-0.15, -0.1) is 0 Å². The number of hydrogen-bond acceptors (Lipinski definition) is 4. The molecule has 23 heavy (non-hydrogen) atoms. The maximum atomic E-state index is 12.6. The van der Waals surface area contributed by atoms with E-state index in [0.717, 1.165) is 16.7 Å². The molecule has 5 heteroatoms. The first-order valence-corrected chi connectivity index (χ1v) is 9.80. The van der Waals surface area contributed by atoms with Crippen LogP contribution in [0.25, 0.3) is 0 Å². The minimum atomic E-state index is -4.74. The molecule has 0 aliphatic rings. The van der Waals surface area contributed by atoms with Crippen LogP contribution in [0, 0.1) is 20.8 Å². The molecule has 0 heterocycles. The first-order valence-electron chi connectivity index (χ1n) is 7.55. The Morgan fingerprint density at radius 3 is 2.04 bits per heavy atom. The molecule has 124 valence electrons. The summed E-state index contributed by atoms with van der Waals surface area (Å²) in [4.78, 5) is 34.4. The van der Waals surface area contributed by atoms with Crippen molar-refractivity contribution in [2.45, 2.75) is 27.7 Å². The van der Waals surface area contributed by atoms with Crippen LogP contribution < -0.4 is 5.30 Å². The maximum absolute atomic E-state index is 12.6. The van der Waals surface area contributed by atoms with E-state index in [4.69, 9.17) is 4.52 Å². The number of aryl methyl sites for hydroxylation is 3. The van der Waals surface area contributed by atoms with Crippen molar-refractivity contribution in [1.82, 2.24) is 0 Å². The summed E-state index contributed by atoms with van der Waals surface area (Å²) in [5.41, 5.74) is 2.95. The van der Waals surface area contributed by atoms with E-state index < -0.39 is 13.3 Å². The van der Waals surface area contributed by atoms with Gasteiger partial charge in [-0.2, -0.15) is 0 Å². The molecule has 2 rings (SSSR count). The van der Waals surface area contributed by atoms with Crippen LogP contribution in [-0.2, 0) is 4.52 Å². The van der Waals surface area contributed by atoms with E-state index in [-0.39, 0.29) is 11.5 Å². The van der Waals surface area contributed by atoms with E-state index in [2.05, 4.69) is 0 Å². The van der Waals surface area contributed by atoms with Crippen molar-refractivity contribution in [3.8, 4) is 0 Å². The predicted molar refractivity (Wildman–Crippen MR) is 94.0 cm³/mol. The van der Waals surface area contributed by atoms with Crippen molar-refractivity contribution in [3.63, 3.8) is 0 Å². The summed E-state index contributed by atoms with van der Waals surface area (Å²) < 4.78 is 5.35. The predicted octanol–water partition coefficient (Wildman–Crippen LogP) is 3.40. The van der Waals surface area contributed by atoms with Crippen molar-refractivity contribution in [2.24, 2.45) is 0 Å². The van der Waals surface area contributed by atoms with Crippen LogP contribution in [-0.4, -0.2) is 21.9 Å². The summed E-state index contributed by atoms with van der Waals surface area (Å²) in [5.74, 6) is -0.701. The van der Waals surface area contributed by atoms with Gasteiger partial charge in [0.2, 0.25) is 0 Å². The summed E-state index contributed by atoms with van der Waals surface area (Å²) >= 11 is 0. The molecule has 0 spiro atoms. The Bertz CT molecular complexity index is 715. The van der Waals surface area contributed by atoms with Crippen LogP contribution in [0.15, 0.2) is 42.5 Å². The van der Waals surface area contributed by atoms with Gasteiger partial charge in [0, 0.05) is 0 Å². The summed E-state index contributed by atoms with van der Waals surface area (Å²) in [7, 11) is -4.74. The Morgan fingerprint density at radius 2 is 1.57 bits per heavy atom. The molecule has 0 radical (unpaired) electrons. The van der Waals surface area contributed by atoms with E-state index in [1.807, 2.05) is 32.9 Å². The first kappa shape index (κ1) is 17.6. The fraction of sp³-hybridized carbons (Fsp3) is 0.278. The Balaban J connectivity index is 2.46. The fourth-order valence-electron chi connectivity index (χ4n) is 2.75. The van der Waals surface area contributed by atoms with Gasteiger partial charge in [-0.3, -0.25) is 0 Å². The SMILES string of the molecule is CCP(O)(O)(OC(=O)c1c(C)cc(C)cc1C)c1ccccc1. The zero-order valence-corrected chi connectivity index (χ0v) is 14.8. The van der Waals surface area contributed by atoms with Gasteiger partial charge in [-0.1, -0.05) is 0 Å². The van der Waals surface area contributed by atoms with Gasteiger partial charge in [-0.25, -0.2) is 0 Å². The third kappa shape index (κ3) is 3.45. The number of hydrogen-bond donors (Lipinski definition) is 2. The second-order valence-electron chi connectivity index (χ2n) is 5.92. The van der Waals surface area contributed by atoms with Crippen LogP contribution >= 0.6 is 7.28 Å². The molecule has 0 aliphatic heterocycles. The first-order chi connectivity index (χ1) is 10.7. The number of benzene rings is 2. The molecule has 0 amide bonds. The Hall–Kier alpha value is -1.74. The van der Waals surface area contributed by atoms with Gasteiger partial charge in [0.1, 0.15) is 0 Å². The fourth-order valence-corrected chi connectivity index (χ4v) is 4.56. The summed E-state index contributed by atoms with van der Waals surface area (Å²) in [6, 6.07) is 12.0. The number of carbonyl (C=O) groups excluding carboxylic acids is 1. The summed E-state index contributed by atoms with van der Waals surface area (Å²) in [6.45, 7) is 7.18. The van der Waals surface area contributed by atoms with E-state index in [0.29, 0.717) is 5.56 Å². The quantitative estimate of drug-likeness (QED) is 0.841. The van der Waals surface area contributed by atoms with Crippen LogP contribution in [0.5, 0.6) is 0 Å². The molecule has 0 unspecified atom stereocenters. The molecule has 0 aliphatic carbocycles. The number of rotatable bonds is 4. The molecule has 0 aromatic heterocycles. The topological polar surface area (TPSA) is 66.8 Å². The molecular formula is C18H23O4P. The Morgan fingerprint density at radius 1 is 1.04 bits per heavy atom. The zero-order chi connectivity index (χ0) is 17.3. The normalized spacial score (nSPS) is 13.2. The van der Waals surface area contributed by atoms with Crippen LogP contribution in [0.3, 0.4) is 0 Å². The monoisotopic (exact) mass is 334 g/mol. The van der Waals surface area contributed by atoms with Crippen LogP contribution in [0.4, 0.5) is 0 Å². The molecule has 0 bridgehead atoms. The Labute approximate surface area is 136 Å². The third-order valence-corrected chi connectivity index (χ3v) is 7.03. The molecule has 4 nitrogen and oxygen atoms in total. The van der Waals surface area contributed by atoms with Crippen LogP contribution in [0.1, 0.15) is 34.0 Å². The third-order valence-electron chi connectivity index (χ3n) is 4.00. The van der Waals surface area contributed by atoms with Gasteiger partial charge < -0.3 is 0 Å². The second-order valence-corrected chi connectivity index (χ2v) is 9.48. The molecule has 0 saturated heterocycles.